The molecule has 0 bridgehead atoms. The van der Waals surface area contributed by atoms with E-state index in [1.807, 2.05) is 55.5 Å². The number of hydrogen-bond donors (Lipinski definition) is 0. The summed E-state index contributed by atoms with van der Waals surface area (Å²) >= 11 is 0. The fourth-order valence-corrected chi connectivity index (χ4v) is 3.92. The summed E-state index contributed by atoms with van der Waals surface area (Å²) in [6, 6.07) is 12.1. The number of nitrogens with zero attached hydrogens (tertiary/aromatic N) is 5. The number of alkyl halides is 3. The topological polar surface area (TPSA) is 56.1 Å². The zero-order valence-electron chi connectivity index (χ0n) is 18.0. The third-order valence-corrected chi connectivity index (χ3v) is 5.43. The van der Waals surface area contributed by atoms with Gasteiger partial charge in [-0.05, 0) is 42.8 Å². The van der Waals surface area contributed by atoms with E-state index >= 15 is 0 Å². The van der Waals surface area contributed by atoms with Gasteiger partial charge in [-0.3, -0.25) is 9.67 Å². The van der Waals surface area contributed by atoms with Gasteiger partial charge in [-0.25, -0.2) is 4.98 Å². The van der Waals surface area contributed by atoms with Gasteiger partial charge in [0.1, 0.15) is 5.69 Å². The van der Waals surface area contributed by atoms with Crippen LogP contribution in [0.15, 0.2) is 61.1 Å². The first kappa shape index (κ1) is 21.0. The van der Waals surface area contributed by atoms with E-state index in [0.29, 0.717) is 35.9 Å². The van der Waals surface area contributed by atoms with E-state index in [-0.39, 0.29) is 0 Å². The second-order valence-electron chi connectivity index (χ2n) is 7.74. The molecule has 168 valence electrons. The minimum Gasteiger partial charge on any atom is -0.478 e. The molecule has 0 radical (unpaired) electrons. The number of ether oxygens (including phenoxy) is 1. The molecule has 1 aromatic carbocycles. The molecule has 0 fully saturated rings. The van der Waals surface area contributed by atoms with E-state index in [2.05, 4.69) is 15.1 Å². The van der Waals surface area contributed by atoms with Gasteiger partial charge in [-0.2, -0.15) is 18.3 Å². The van der Waals surface area contributed by atoms with Gasteiger partial charge in [-0.15, -0.1) is 0 Å². The maximum absolute atomic E-state index is 13.0. The molecule has 4 heterocycles. The van der Waals surface area contributed by atoms with Crippen molar-refractivity contribution in [3.63, 3.8) is 0 Å². The van der Waals surface area contributed by atoms with Crippen LogP contribution in [-0.2, 0) is 19.8 Å². The number of aromatic nitrogens is 4. The number of rotatable bonds is 4. The number of anilines is 1. The second kappa shape index (κ2) is 7.91. The summed E-state index contributed by atoms with van der Waals surface area (Å²) in [6.07, 6.45) is 0.578. The van der Waals surface area contributed by atoms with Crippen molar-refractivity contribution < 1.29 is 17.9 Å². The number of aryl methyl sites for hydroxylation is 1. The van der Waals surface area contributed by atoms with E-state index in [0.717, 1.165) is 28.2 Å². The molecule has 0 atom stereocenters. The lowest BCUT2D eigenvalue weighted by Gasteiger charge is -2.29. The van der Waals surface area contributed by atoms with Crippen molar-refractivity contribution in [2.75, 3.05) is 11.5 Å². The van der Waals surface area contributed by atoms with Crippen LogP contribution in [0.1, 0.15) is 29.4 Å². The molecule has 1 aliphatic heterocycles. The summed E-state index contributed by atoms with van der Waals surface area (Å²) in [5.74, 6) is 0.465. The molecular formula is C24H20F3N5O. The van der Waals surface area contributed by atoms with Gasteiger partial charge in [-0.1, -0.05) is 6.07 Å². The normalized spacial score (nSPS) is 13.7. The standard InChI is InChI=1S/C24H20F3N5O/c1-3-33-22-9-5-16-13-32(18-6-7-20-17(10-18)12-31(2)30-20)14-19(23(16)29-22)15-4-8-21(28-11-15)24(25,26)27/h4-12,14H,3,13H2,1-2H3. The number of fused-ring (bicyclic) bond motifs is 2. The van der Waals surface area contributed by atoms with E-state index in [1.165, 1.54) is 12.3 Å². The average Bonchev–Trinajstić information content (AvgIpc) is 3.17. The molecule has 3 aromatic heterocycles. The molecule has 33 heavy (non-hydrogen) atoms. The predicted octanol–water partition coefficient (Wildman–Crippen LogP) is 5.19. The van der Waals surface area contributed by atoms with Crippen molar-refractivity contribution >= 4 is 22.2 Å². The van der Waals surface area contributed by atoms with Crippen LogP contribution in [-0.4, -0.2) is 26.4 Å². The van der Waals surface area contributed by atoms with Crippen molar-refractivity contribution in [2.45, 2.75) is 19.6 Å². The summed E-state index contributed by atoms with van der Waals surface area (Å²) in [5.41, 5.74) is 3.70. The molecule has 0 amide bonds. The maximum Gasteiger partial charge on any atom is 0.433 e. The highest BCUT2D eigenvalue weighted by Crippen LogP contribution is 2.36. The van der Waals surface area contributed by atoms with E-state index in [9.17, 15) is 13.2 Å². The SMILES string of the molecule is CCOc1ccc2c(n1)C(c1ccc(C(F)(F)F)nc1)=CN(c1ccc3nn(C)cc3c1)C2. The molecule has 1 aliphatic rings. The van der Waals surface area contributed by atoms with Crippen LogP contribution in [0, 0.1) is 0 Å². The number of halogens is 3. The highest BCUT2D eigenvalue weighted by atomic mass is 19.4. The van der Waals surface area contributed by atoms with Gasteiger partial charge in [0.15, 0.2) is 0 Å². The van der Waals surface area contributed by atoms with E-state index in [4.69, 9.17) is 4.74 Å². The van der Waals surface area contributed by atoms with Crippen molar-refractivity contribution in [1.82, 2.24) is 19.7 Å². The summed E-state index contributed by atoms with van der Waals surface area (Å²) in [5, 5.41) is 5.41. The average molecular weight is 451 g/mol. The van der Waals surface area contributed by atoms with Crippen molar-refractivity contribution in [3.05, 3.63) is 83.6 Å². The van der Waals surface area contributed by atoms with Gasteiger partial charge in [0.05, 0.1) is 17.8 Å². The monoisotopic (exact) mass is 451 g/mol. The van der Waals surface area contributed by atoms with Crippen molar-refractivity contribution in [3.8, 4) is 5.88 Å². The Morgan fingerprint density at radius 2 is 1.94 bits per heavy atom. The lowest BCUT2D eigenvalue weighted by atomic mass is 9.96. The number of hydrogen-bond acceptors (Lipinski definition) is 5. The van der Waals surface area contributed by atoms with Gasteiger partial charge < -0.3 is 9.64 Å². The number of pyridine rings is 2. The number of benzene rings is 1. The molecule has 9 heteroatoms. The van der Waals surface area contributed by atoms with E-state index in [1.54, 1.807) is 10.7 Å². The highest BCUT2D eigenvalue weighted by Gasteiger charge is 2.32. The van der Waals surface area contributed by atoms with Crippen LogP contribution in [0.25, 0.3) is 16.5 Å². The first-order chi connectivity index (χ1) is 15.8. The molecule has 0 unspecified atom stereocenters. The third-order valence-electron chi connectivity index (χ3n) is 5.43. The Kier molecular flexibility index (Phi) is 5.03. The summed E-state index contributed by atoms with van der Waals surface area (Å²) in [7, 11) is 1.87. The Labute approximate surface area is 188 Å². The van der Waals surface area contributed by atoms with Crippen molar-refractivity contribution in [2.24, 2.45) is 7.05 Å². The minimum absolute atomic E-state index is 0.462. The van der Waals surface area contributed by atoms with E-state index < -0.39 is 11.9 Å². The quantitative estimate of drug-likeness (QED) is 0.427. The second-order valence-corrected chi connectivity index (χ2v) is 7.74. The van der Waals surface area contributed by atoms with Gasteiger partial charge in [0.2, 0.25) is 5.88 Å². The summed E-state index contributed by atoms with van der Waals surface area (Å²) in [6.45, 7) is 2.88. The van der Waals surface area contributed by atoms with Gasteiger partial charge >= 0.3 is 6.18 Å². The fraction of sp³-hybridized carbons (Fsp3) is 0.208. The van der Waals surface area contributed by atoms with Crippen molar-refractivity contribution in [1.29, 1.82) is 0 Å². The highest BCUT2D eigenvalue weighted by molar-refractivity contribution is 5.86. The molecule has 0 saturated heterocycles. The Morgan fingerprint density at radius 3 is 2.67 bits per heavy atom. The largest absolute Gasteiger partial charge is 0.478 e. The molecule has 5 rings (SSSR count). The fourth-order valence-electron chi connectivity index (χ4n) is 3.92. The molecule has 6 nitrogen and oxygen atoms in total. The zero-order chi connectivity index (χ0) is 23.2. The summed E-state index contributed by atoms with van der Waals surface area (Å²) < 4.78 is 46.4. The Hall–Kier alpha value is -3.88. The van der Waals surface area contributed by atoms with Crippen LogP contribution < -0.4 is 9.64 Å². The van der Waals surface area contributed by atoms with Crippen LogP contribution in [0.3, 0.4) is 0 Å². The third kappa shape index (κ3) is 4.02. The Bertz CT molecular complexity index is 1360. The molecular weight excluding hydrogens is 431 g/mol. The molecule has 4 aromatic rings. The lowest BCUT2D eigenvalue weighted by Crippen LogP contribution is -2.22. The minimum atomic E-state index is -4.50. The first-order valence-electron chi connectivity index (χ1n) is 10.4. The molecule has 0 saturated carbocycles. The first-order valence-corrected chi connectivity index (χ1v) is 10.4. The van der Waals surface area contributed by atoms with Gasteiger partial charge in [0.25, 0.3) is 0 Å². The summed E-state index contributed by atoms with van der Waals surface area (Å²) in [4.78, 5) is 10.3. The molecule has 0 N–H and O–H groups in total. The molecule has 0 spiro atoms. The van der Waals surface area contributed by atoms with Gasteiger partial charge in [0, 0.05) is 60.5 Å². The predicted molar refractivity (Wildman–Crippen MR) is 119 cm³/mol. The van der Waals surface area contributed by atoms with Crippen LogP contribution in [0.4, 0.5) is 18.9 Å². The smallest absolute Gasteiger partial charge is 0.433 e. The lowest BCUT2D eigenvalue weighted by molar-refractivity contribution is -0.141. The zero-order valence-corrected chi connectivity index (χ0v) is 18.0. The maximum atomic E-state index is 13.0. The van der Waals surface area contributed by atoms with Crippen LogP contribution >= 0.6 is 0 Å². The van der Waals surface area contributed by atoms with Crippen LogP contribution in [0.5, 0.6) is 5.88 Å². The van der Waals surface area contributed by atoms with Crippen LogP contribution in [0.2, 0.25) is 0 Å². The Morgan fingerprint density at radius 1 is 1.09 bits per heavy atom. The molecule has 0 aliphatic carbocycles. The Balaban J connectivity index is 1.61.